The van der Waals surface area contributed by atoms with Gasteiger partial charge in [-0.05, 0) is 29.8 Å². The fourth-order valence-electron chi connectivity index (χ4n) is 3.60. The predicted molar refractivity (Wildman–Crippen MR) is 118 cm³/mol. The maximum absolute atomic E-state index is 12.8. The summed E-state index contributed by atoms with van der Waals surface area (Å²) in [4.78, 5) is 28.3. The van der Waals surface area contributed by atoms with Gasteiger partial charge in [0.05, 0.1) is 19.6 Å². The van der Waals surface area contributed by atoms with E-state index in [2.05, 4.69) is 10.2 Å². The Balaban J connectivity index is 1.42. The maximum Gasteiger partial charge on any atom is 0.312 e. The molecule has 0 radical (unpaired) electrons. The first-order valence-corrected chi connectivity index (χ1v) is 10.4. The van der Waals surface area contributed by atoms with E-state index in [-0.39, 0.29) is 12.3 Å². The van der Waals surface area contributed by atoms with Gasteiger partial charge in [-0.25, -0.2) is 4.79 Å². The zero-order valence-corrected chi connectivity index (χ0v) is 17.8. The molecule has 1 heterocycles. The van der Waals surface area contributed by atoms with Crippen molar-refractivity contribution in [3.05, 3.63) is 60.2 Å². The Morgan fingerprint density at radius 2 is 1.65 bits per heavy atom. The number of carbonyl (C=O) groups is 2. The van der Waals surface area contributed by atoms with Crippen LogP contribution in [-0.2, 0) is 4.79 Å². The van der Waals surface area contributed by atoms with Crippen molar-refractivity contribution in [3.63, 3.8) is 0 Å². The van der Waals surface area contributed by atoms with Crippen LogP contribution < -0.4 is 20.5 Å². The van der Waals surface area contributed by atoms with Gasteiger partial charge in [-0.1, -0.05) is 30.3 Å². The first-order valence-electron chi connectivity index (χ1n) is 10.4. The molecule has 0 bridgehead atoms. The van der Waals surface area contributed by atoms with Crippen molar-refractivity contribution in [2.75, 3.05) is 46.4 Å². The van der Waals surface area contributed by atoms with E-state index in [4.69, 9.17) is 15.2 Å². The van der Waals surface area contributed by atoms with E-state index in [1.165, 1.54) is 0 Å². The van der Waals surface area contributed by atoms with Gasteiger partial charge in [-0.3, -0.25) is 9.69 Å². The number of carbonyl (C=O) groups excluding carboxylic acids is 2. The van der Waals surface area contributed by atoms with Gasteiger partial charge in [0.15, 0.2) is 0 Å². The SMILES string of the molecule is COc1ccc(OCCN2CCN(C(=O)CC(NC(N)=O)c3ccccc3)CC2)cc1. The third-order valence-electron chi connectivity index (χ3n) is 5.36. The van der Waals surface area contributed by atoms with E-state index < -0.39 is 12.1 Å². The zero-order chi connectivity index (χ0) is 22.1. The Hall–Kier alpha value is -3.26. The number of benzene rings is 2. The molecule has 1 fully saturated rings. The molecule has 3 rings (SSSR count). The smallest absolute Gasteiger partial charge is 0.312 e. The van der Waals surface area contributed by atoms with Crippen molar-refractivity contribution in [2.24, 2.45) is 5.73 Å². The quantitative estimate of drug-likeness (QED) is 0.639. The van der Waals surface area contributed by atoms with Crippen LogP contribution in [0, 0.1) is 0 Å². The van der Waals surface area contributed by atoms with Gasteiger partial charge >= 0.3 is 6.03 Å². The molecule has 8 nitrogen and oxygen atoms in total. The number of rotatable bonds is 9. The number of piperazine rings is 1. The van der Waals surface area contributed by atoms with Crippen LogP contribution in [0.2, 0.25) is 0 Å². The molecule has 1 aliphatic rings. The molecule has 166 valence electrons. The summed E-state index contributed by atoms with van der Waals surface area (Å²) in [6.07, 6.45) is 0.188. The van der Waals surface area contributed by atoms with Crippen LogP contribution in [-0.4, -0.2) is 68.2 Å². The lowest BCUT2D eigenvalue weighted by Crippen LogP contribution is -2.50. The minimum atomic E-state index is -0.636. The van der Waals surface area contributed by atoms with Gasteiger partial charge in [0.25, 0.3) is 0 Å². The molecule has 0 aromatic heterocycles. The molecule has 1 unspecified atom stereocenters. The average Bonchev–Trinajstić information content (AvgIpc) is 2.80. The molecule has 2 aromatic carbocycles. The summed E-state index contributed by atoms with van der Waals surface area (Å²) in [5, 5.41) is 2.68. The lowest BCUT2D eigenvalue weighted by Gasteiger charge is -2.35. The Morgan fingerprint density at radius 3 is 2.26 bits per heavy atom. The largest absolute Gasteiger partial charge is 0.497 e. The zero-order valence-electron chi connectivity index (χ0n) is 17.8. The molecule has 3 N–H and O–H groups in total. The summed E-state index contributed by atoms with van der Waals surface area (Å²) in [6, 6.07) is 15.9. The number of hydrogen-bond acceptors (Lipinski definition) is 5. The fraction of sp³-hybridized carbons (Fsp3) is 0.391. The van der Waals surface area contributed by atoms with Crippen molar-refractivity contribution in [1.82, 2.24) is 15.1 Å². The van der Waals surface area contributed by atoms with Crippen LogP contribution in [0.25, 0.3) is 0 Å². The van der Waals surface area contributed by atoms with E-state index in [1.807, 2.05) is 59.5 Å². The van der Waals surface area contributed by atoms with Crippen molar-refractivity contribution < 1.29 is 19.1 Å². The number of amides is 3. The first kappa shape index (κ1) is 22.4. The maximum atomic E-state index is 12.8. The van der Waals surface area contributed by atoms with Crippen molar-refractivity contribution in [1.29, 1.82) is 0 Å². The average molecular weight is 427 g/mol. The number of primary amides is 1. The Labute approximate surface area is 182 Å². The second-order valence-electron chi connectivity index (χ2n) is 7.42. The number of hydrogen-bond donors (Lipinski definition) is 2. The molecule has 1 saturated heterocycles. The Morgan fingerprint density at radius 1 is 1.00 bits per heavy atom. The van der Waals surface area contributed by atoms with Crippen molar-refractivity contribution in [3.8, 4) is 11.5 Å². The standard InChI is InChI=1S/C23H30N4O4/c1-30-19-7-9-20(10-8-19)31-16-15-26-11-13-27(14-12-26)22(28)17-21(25-23(24)29)18-5-3-2-4-6-18/h2-10,21H,11-17H2,1H3,(H3,24,25,29). The molecule has 8 heteroatoms. The minimum Gasteiger partial charge on any atom is -0.497 e. The fourth-order valence-corrected chi connectivity index (χ4v) is 3.60. The minimum absolute atomic E-state index is 0.0109. The van der Waals surface area contributed by atoms with Gasteiger partial charge in [-0.15, -0.1) is 0 Å². The lowest BCUT2D eigenvalue weighted by atomic mass is 10.0. The topological polar surface area (TPSA) is 97.1 Å². The molecule has 0 saturated carbocycles. The highest BCUT2D eigenvalue weighted by atomic mass is 16.5. The number of ether oxygens (including phenoxy) is 2. The van der Waals surface area contributed by atoms with Crippen molar-refractivity contribution >= 4 is 11.9 Å². The predicted octanol–water partition coefficient (Wildman–Crippen LogP) is 2.02. The molecular weight excluding hydrogens is 396 g/mol. The van der Waals surface area contributed by atoms with E-state index in [0.29, 0.717) is 19.7 Å². The van der Waals surface area contributed by atoms with E-state index in [1.54, 1.807) is 7.11 Å². The molecule has 3 amide bonds. The number of nitrogens with two attached hydrogens (primary N) is 1. The number of methoxy groups -OCH3 is 1. The van der Waals surface area contributed by atoms with Crippen LogP contribution in [0.4, 0.5) is 4.79 Å². The summed E-state index contributed by atoms with van der Waals surface area (Å²) >= 11 is 0. The normalized spacial score (nSPS) is 15.2. The first-order chi connectivity index (χ1) is 15.0. The van der Waals surface area contributed by atoms with Crippen LogP contribution in [0.5, 0.6) is 11.5 Å². The highest BCUT2D eigenvalue weighted by Crippen LogP contribution is 2.19. The summed E-state index contributed by atoms with van der Waals surface area (Å²) in [5.41, 5.74) is 6.17. The number of urea groups is 1. The second kappa shape index (κ2) is 11.2. The molecule has 31 heavy (non-hydrogen) atoms. The Kier molecular flexibility index (Phi) is 8.12. The van der Waals surface area contributed by atoms with Crippen LogP contribution in [0.1, 0.15) is 18.0 Å². The molecule has 0 aliphatic carbocycles. The van der Waals surface area contributed by atoms with Gasteiger partial charge in [0.1, 0.15) is 18.1 Å². The molecule has 2 aromatic rings. The van der Waals surface area contributed by atoms with Gasteiger partial charge in [0.2, 0.25) is 5.91 Å². The third-order valence-corrected chi connectivity index (χ3v) is 5.36. The molecule has 1 atom stereocenters. The highest BCUT2D eigenvalue weighted by Gasteiger charge is 2.24. The van der Waals surface area contributed by atoms with Gasteiger partial charge in [0, 0.05) is 32.7 Å². The van der Waals surface area contributed by atoms with Crippen LogP contribution in [0.15, 0.2) is 54.6 Å². The highest BCUT2D eigenvalue weighted by molar-refractivity contribution is 5.79. The van der Waals surface area contributed by atoms with E-state index in [9.17, 15) is 9.59 Å². The summed E-state index contributed by atoms with van der Waals surface area (Å²) in [7, 11) is 1.64. The Bertz CT molecular complexity index is 836. The van der Waals surface area contributed by atoms with E-state index >= 15 is 0 Å². The second-order valence-corrected chi connectivity index (χ2v) is 7.42. The third kappa shape index (κ3) is 6.89. The van der Waals surface area contributed by atoms with Gasteiger partial charge in [-0.2, -0.15) is 0 Å². The summed E-state index contributed by atoms with van der Waals surface area (Å²) in [5.74, 6) is 1.62. The van der Waals surface area contributed by atoms with Crippen molar-refractivity contribution in [2.45, 2.75) is 12.5 Å². The number of nitrogens with one attached hydrogen (secondary N) is 1. The van der Waals surface area contributed by atoms with Crippen LogP contribution >= 0.6 is 0 Å². The lowest BCUT2D eigenvalue weighted by molar-refractivity contribution is -0.133. The molecular formula is C23H30N4O4. The number of nitrogens with zero attached hydrogens (tertiary/aromatic N) is 2. The van der Waals surface area contributed by atoms with Crippen LogP contribution in [0.3, 0.4) is 0 Å². The molecule has 1 aliphatic heterocycles. The molecule has 0 spiro atoms. The summed E-state index contributed by atoms with van der Waals surface area (Å²) < 4.78 is 10.9. The van der Waals surface area contributed by atoms with E-state index in [0.717, 1.165) is 36.7 Å². The van der Waals surface area contributed by atoms with Gasteiger partial charge < -0.3 is 25.4 Å². The summed E-state index contributed by atoms with van der Waals surface area (Å²) in [6.45, 7) is 4.26. The monoisotopic (exact) mass is 426 g/mol.